The number of piperidine rings is 1. The van der Waals surface area contributed by atoms with E-state index >= 15 is 0 Å². The Hall–Kier alpha value is -1.06. The first kappa shape index (κ1) is 12.4. The van der Waals surface area contributed by atoms with Crippen molar-refractivity contribution in [3.8, 4) is 0 Å². The van der Waals surface area contributed by atoms with Gasteiger partial charge in [0.25, 0.3) is 5.91 Å². The number of aryl methyl sites for hydroxylation is 1. The molecule has 0 bridgehead atoms. The maximum atomic E-state index is 12.3. The van der Waals surface area contributed by atoms with Crippen molar-refractivity contribution >= 4 is 17.5 Å². The Morgan fingerprint density at radius 3 is 2.88 bits per heavy atom. The van der Waals surface area contributed by atoms with E-state index in [4.69, 9.17) is 17.3 Å². The summed E-state index contributed by atoms with van der Waals surface area (Å²) < 4.78 is 0. The molecule has 1 fully saturated rings. The molecule has 1 atom stereocenters. The van der Waals surface area contributed by atoms with Gasteiger partial charge in [0.2, 0.25) is 0 Å². The summed E-state index contributed by atoms with van der Waals surface area (Å²) in [4.78, 5) is 14.1. The fraction of sp³-hybridized carbons (Fsp3) is 0.462. The minimum Gasteiger partial charge on any atom is -0.337 e. The maximum absolute atomic E-state index is 12.3. The highest BCUT2D eigenvalue weighted by Gasteiger charge is 2.22. The summed E-state index contributed by atoms with van der Waals surface area (Å²) in [7, 11) is 0. The molecule has 0 saturated carbocycles. The Morgan fingerprint density at radius 1 is 1.47 bits per heavy atom. The van der Waals surface area contributed by atoms with E-state index < -0.39 is 0 Å². The van der Waals surface area contributed by atoms with Crippen molar-refractivity contribution in [3.05, 3.63) is 34.3 Å². The lowest BCUT2D eigenvalue weighted by Gasteiger charge is -2.30. The molecule has 1 unspecified atom stereocenters. The minimum atomic E-state index is 0.0331. The first-order chi connectivity index (χ1) is 8.06. The molecule has 1 amide bonds. The minimum absolute atomic E-state index is 0.0331. The second-order valence-electron chi connectivity index (χ2n) is 4.67. The third-order valence-corrected chi connectivity index (χ3v) is 3.25. The molecule has 1 heterocycles. The van der Waals surface area contributed by atoms with Crippen LogP contribution in [-0.2, 0) is 0 Å². The molecular formula is C13H17ClN2O. The van der Waals surface area contributed by atoms with Gasteiger partial charge in [-0.25, -0.2) is 0 Å². The number of hydrogen-bond donors (Lipinski definition) is 1. The predicted molar refractivity (Wildman–Crippen MR) is 69.3 cm³/mol. The first-order valence-electron chi connectivity index (χ1n) is 5.88. The van der Waals surface area contributed by atoms with Gasteiger partial charge in [0.05, 0.1) is 0 Å². The van der Waals surface area contributed by atoms with E-state index in [1.807, 2.05) is 24.0 Å². The molecular weight excluding hydrogens is 236 g/mol. The van der Waals surface area contributed by atoms with Crippen molar-refractivity contribution in [2.75, 3.05) is 13.1 Å². The second-order valence-corrected chi connectivity index (χ2v) is 5.11. The lowest BCUT2D eigenvalue weighted by molar-refractivity contribution is 0.0708. The monoisotopic (exact) mass is 252 g/mol. The average Bonchev–Trinajstić information content (AvgIpc) is 2.26. The lowest BCUT2D eigenvalue weighted by Crippen LogP contribution is -2.45. The molecule has 1 saturated heterocycles. The molecule has 92 valence electrons. The van der Waals surface area contributed by atoms with Gasteiger partial charge in [0, 0.05) is 29.7 Å². The van der Waals surface area contributed by atoms with Crippen LogP contribution in [0.3, 0.4) is 0 Å². The molecule has 1 aromatic carbocycles. The number of hydrogen-bond acceptors (Lipinski definition) is 2. The molecule has 0 aromatic heterocycles. The zero-order chi connectivity index (χ0) is 12.4. The summed E-state index contributed by atoms with van der Waals surface area (Å²) in [6.07, 6.45) is 1.98. The lowest BCUT2D eigenvalue weighted by atomic mass is 10.0. The zero-order valence-electron chi connectivity index (χ0n) is 9.95. The van der Waals surface area contributed by atoms with E-state index in [2.05, 4.69) is 0 Å². The van der Waals surface area contributed by atoms with Gasteiger partial charge >= 0.3 is 0 Å². The molecule has 2 rings (SSSR count). The Kier molecular flexibility index (Phi) is 3.69. The maximum Gasteiger partial charge on any atom is 0.253 e. The Labute approximate surface area is 107 Å². The Bertz CT molecular complexity index is 413. The number of carbonyl (C=O) groups excluding carboxylic acids is 1. The van der Waals surface area contributed by atoms with Crippen molar-refractivity contribution in [2.45, 2.75) is 25.8 Å². The molecule has 4 heteroatoms. The van der Waals surface area contributed by atoms with Crippen LogP contribution < -0.4 is 5.73 Å². The van der Waals surface area contributed by atoms with E-state index in [1.165, 1.54) is 0 Å². The normalized spacial score (nSPS) is 20.4. The highest BCUT2D eigenvalue weighted by molar-refractivity contribution is 6.31. The van der Waals surface area contributed by atoms with E-state index in [0.29, 0.717) is 17.1 Å². The summed E-state index contributed by atoms with van der Waals surface area (Å²) in [5, 5.41) is 0.606. The fourth-order valence-electron chi connectivity index (χ4n) is 2.24. The van der Waals surface area contributed by atoms with Gasteiger partial charge in [-0.05, 0) is 43.5 Å². The number of rotatable bonds is 1. The van der Waals surface area contributed by atoms with Gasteiger partial charge in [0.1, 0.15) is 0 Å². The van der Waals surface area contributed by atoms with Crippen LogP contribution in [0.25, 0.3) is 0 Å². The van der Waals surface area contributed by atoms with Crippen LogP contribution in [-0.4, -0.2) is 29.9 Å². The van der Waals surface area contributed by atoms with E-state index in [0.717, 1.165) is 24.9 Å². The molecule has 0 radical (unpaired) electrons. The van der Waals surface area contributed by atoms with Gasteiger partial charge in [-0.3, -0.25) is 4.79 Å². The zero-order valence-corrected chi connectivity index (χ0v) is 10.7. The van der Waals surface area contributed by atoms with Crippen LogP contribution in [0.4, 0.5) is 0 Å². The molecule has 3 nitrogen and oxygen atoms in total. The molecule has 0 aliphatic carbocycles. The van der Waals surface area contributed by atoms with Gasteiger partial charge in [-0.15, -0.1) is 0 Å². The average molecular weight is 253 g/mol. The summed E-state index contributed by atoms with van der Waals surface area (Å²) in [5.41, 5.74) is 7.54. The van der Waals surface area contributed by atoms with Crippen molar-refractivity contribution in [1.29, 1.82) is 0 Å². The second kappa shape index (κ2) is 5.07. The fourth-order valence-corrected chi connectivity index (χ4v) is 2.53. The van der Waals surface area contributed by atoms with Crippen LogP contribution in [0.15, 0.2) is 18.2 Å². The van der Waals surface area contributed by atoms with Gasteiger partial charge in [-0.2, -0.15) is 0 Å². The number of halogens is 1. The Morgan fingerprint density at radius 2 is 2.24 bits per heavy atom. The smallest absolute Gasteiger partial charge is 0.253 e. The third kappa shape index (κ3) is 2.99. The van der Waals surface area contributed by atoms with Crippen LogP contribution in [0, 0.1) is 6.92 Å². The highest BCUT2D eigenvalue weighted by Crippen LogP contribution is 2.18. The topological polar surface area (TPSA) is 46.3 Å². The number of nitrogens with zero attached hydrogens (tertiary/aromatic N) is 1. The van der Waals surface area contributed by atoms with Crippen molar-refractivity contribution in [1.82, 2.24) is 4.90 Å². The number of carbonyl (C=O) groups is 1. The van der Waals surface area contributed by atoms with Gasteiger partial charge in [-0.1, -0.05) is 11.6 Å². The third-order valence-electron chi connectivity index (χ3n) is 3.03. The standard InChI is InChI=1S/C13H17ClN2O/c1-9-5-10(7-11(14)6-9)13(17)16-4-2-3-12(15)8-16/h5-7,12H,2-4,8,15H2,1H3. The van der Waals surface area contributed by atoms with Crippen LogP contribution >= 0.6 is 11.6 Å². The van der Waals surface area contributed by atoms with Crippen LogP contribution in [0.2, 0.25) is 5.02 Å². The number of amides is 1. The van der Waals surface area contributed by atoms with E-state index in [-0.39, 0.29) is 11.9 Å². The van der Waals surface area contributed by atoms with Crippen molar-refractivity contribution in [2.24, 2.45) is 5.73 Å². The quantitative estimate of drug-likeness (QED) is 0.833. The molecule has 1 aliphatic heterocycles. The van der Waals surface area contributed by atoms with Crippen LogP contribution in [0.5, 0.6) is 0 Å². The van der Waals surface area contributed by atoms with Crippen LogP contribution in [0.1, 0.15) is 28.8 Å². The van der Waals surface area contributed by atoms with Gasteiger partial charge in [0.15, 0.2) is 0 Å². The summed E-state index contributed by atoms with van der Waals surface area (Å²) in [6.45, 7) is 3.37. The van der Waals surface area contributed by atoms with E-state index in [1.54, 1.807) is 6.07 Å². The SMILES string of the molecule is Cc1cc(Cl)cc(C(=O)N2CCCC(N)C2)c1. The summed E-state index contributed by atoms with van der Waals surface area (Å²) in [5.74, 6) is 0.0331. The number of likely N-dealkylation sites (tertiary alicyclic amines) is 1. The van der Waals surface area contributed by atoms with E-state index in [9.17, 15) is 4.79 Å². The summed E-state index contributed by atoms with van der Waals surface area (Å²) >= 11 is 5.97. The van der Waals surface area contributed by atoms with Crippen molar-refractivity contribution < 1.29 is 4.79 Å². The predicted octanol–water partition coefficient (Wildman–Crippen LogP) is 2.21. The Balaban J connectivity index is 2.18. The number of nitrogens with two attached hydrogens (primary N) is 1. The molecule has 1 aromatic rings. The molecule has 17 heavy (non-hydrogen) atoms. The van der Waals surface area contributed by atoms with Crippen molar-refractivity contribution in [3.63, 3.8) is 0 Å². The largest absolute Gasteiger partial charge is 0.337 e. The molecule has 0 spiro atoms. The highest BCUT2D eigenvalue weighted by atomic mass is 35.5. The number of benzene rings is 1. The first-order valence-corrected chi connectivity index (χ1v) is 6.26. The molecule has 2 N–H and O–H groups in total. The summed E-state index contributed by atoms with van der Waals surface area (Å²) in [6, 6.07) is 5.54. The van der Waals surface area contributed by atoms with Gasteiger partial charge < -0.3 is 10.6 Å². The molecule has 1 aliphatic rings.